The van der Waals surface area contributed by atoms with Crippen LogP contribution in [0.3, 0.4) is 0 Å². The number of carbonyl (C=O) groups excluding carboxylic acids is 1. The maximum atomic E-state index is 12.3. The van der Waals surface area contributed by atoms with E-state index in [4.69, 9.17) is 0 Å². The third-order valence-electron chi connectivity index (χ3n) is 4.59. The molecule has 2 aliphatic rings. The summed E-state index contributed by atoms with van der Waals surface area (Å²) in [6.45, 7) is 0.917. The number of hydrogen-bond acceptors (Lipinski definition) is 4. The highest BCUT2D eigenvalue weighted by molar-refractivity contribution is 5.95. The molecule has 2 fully saturated rings. The van der Waals surface area contributed by atoms with Gasteiger partial charge in [-0.25, -0.2) is 0 Å². The Hall–Kier alpha value is -1.95. The van der Waals surface area contributed by atoms with Crippen molar-refractivity contribution >= 4 is 11.6 Å². The number of amides is 1. The van der Waals surface area contributed by atoms with Gasteiger partial charge in [-0.2, -0.15) is 0 Å². The minimum atomic E-state index is -0.481. The van der Waals surface area contributed by atoms with Crippen molar-refractivity contribution in [2.75, 3.05) is 6.54 Å². The number of nitrogens with one attached hydrogen (secondary N) is 2. The van der Waals surface area contributed by atoms with Crippen molar-refractivity contribution in [1.82, 2.24) is 10.6 Å². The van der Waals surface area contributed by atoms with Gasteiger partial charge in [-0.3, -0.25) is 14.9 Å². The highest BCUT2D eigenvalue weighted by Gasteiger charge is 2.41. The van der Waals surface area contributed by atoms with Crippen LogP contribution in [0.5, 0.6) is 0 Å². The number of piperidine rings is 1. The lowest BCUT2D eigenvalue weighted by Crippen LogP contribution is -2.59. The Morgan fingerprint density at radius 3 is 2.90 bits per heavy atom. The number of benzene rings is 1. The summed E-state index contributed by atoms with van der Waals surface area (Å²) in [5, 5.41) is 17.3. The maximum Gasteiger partial charge on any atom is 0.270 e. The van der Waals surface area contributed by atoms with E-state index in [2.05, 4.69) is 10.6 Å². The zero-order chi connectivity index (χ0) is 14.9. The van der Waals surface area contributed by atoms with Crippen molar-refractivity contribution in [2.45, 2.75) is 43.7 Å². The summed E-state index contributed by atoms with van der Waals surface area (Å²) in [5.74, 6) is -0.222. The van der Waals surface area contributed by atoms with E-state index in [9.17, 15) is 14.9 Å². The average Bonchev–Trinajstić information content (AvgIpc) is 2.46. The van der Waals surface area contributed by atoms with Gasteiger partial charge in [0.15, 0.2) is 0 Å². The maximum absolute atomic E-state index is 12.3. The van der Waals surface area contributed by atoms with Crippen LogP contribution in [0.25, 0.3) is 0 Å². The zero-order valence-electron chi connectivity index (χ0n) is 11.8. The van der Waals surface area contributed by atoms with E-state index < -0.39 is 4.92 Å². The van der Waals surface area contributed by atoms with E-state index in [1.54, 1.807) is 12.1 Å². The minimum Gasteiger partial charge on any atom is -0.349 e. The van der Waals surface area contributed by atoms with Gasteiger partial charge in [-0.05, 0) is 44.7 Å². The molecular formula is C15H19N3O3. The topological polar surface area (TPSA) is 84.3 Å². The molecule has 0 bridgehead atoms. The van der Waals surface area contributed by atoms with Gasteiger partial charge in [0.2, 0.25) is 0 Å². The molecule has 6 nitrogen and oxygen atoms in total. The van der Waals surface area contributed by atoms with Crippen molar-refractivity contribution in [3.63, 3.8) is 0 Å². The first-order valence-electron chi connectivity index (χ1n) is 7.38. The van der Waals surface area contributed by atoms with Crippen LogP contribution in [0.2, 0.25) is 0 Å². The number of nitro groups is 1. The zero-order valence-corrected chi connectivity index (χ0v) is 11.8. The van der Waals surface area contributed by atoms with Crippen molar-refractivity contribution < 1.29 is 9.72 Å². The molecule has 1 amide bonds. The molecule has 112 valence electrons. The van der Waals surface area contributed by atoms with Crippen LogP contribution in [-0.4, -0.2) is 29.0 Å². The normalized spacial score (nSPS) is 23.3. The van der Waals surface area contributed by atoms with Crippen LogP contribution in [0.15, 0.2) is 24.3 Å². The minimum absolute atomic E-state index is 0.0524. The second kappa shape index (κ2) is 5.44. The van der Waals surface area contributed by atoms with Gasteiger partial charge in [-0.1, -0.05) is 6.07 Å². The molecule has 1 atom stereocenters. The van der Waals surface area contributed by atoms with Crippen LogP contribution in [0.4, 0.5) is 5.69 Å². The lowest BCUT2D eigenvalue weighted by Gasteiger charge is -2.48. The Morgan fingerprint density at radius 2 is 2.24 bits per heavy atom. The predicted octanol–water partition coefficient (Wildman–Crippen LogP) is 2.00. The van der Waals surface area contributed by atoms with Gasteiger partial charge >= 0.3 is 0 Å². The van der Waals surface area contributed by atoms with Gasteiger partial charge in [-0.15, -0.1) is 0 Å². The van der Waals surface area contributed by atoms with E-state index in [1.807, 2.05) is 0 Å². The van der Waals surface area contributed by atoms with Crippen molar-refractivity contribution in [3.05, 3.63) is 39.9 Å². The van der Waals surface area contributed by atoms with E-state index in [0.717, 1.165) is 19.4 Å². The third kappa shape index (κ3) is 2.90. The van der Waals surface area contributed by atoms with Crippen molar-refractivity contribution in [1.29, 1.82) is 0 Å². The van der Waals surface area contributed by atoms with E-state index in [1.165, 1.54) is 31.4 Å². The summed E-state index contributed by atoms with van der Waals surface area (Å²) in [4.78, 5) is 22.5. The van der Waals surface area contributed by atoms with Crippen LogP contribution in [-0.2, 0) is 0 Å². The van der Waals surface area contributed by atoms with Crippen molar-refractivity contribution in [3.8, 4) is 0 Å². The predicted molar refractivity (Wildman–Crippen MR) is 78.2 cm³/mol. The molecule has 1 aromatic rings. The first-order valence-corrected chi connectivity index (χ1v) is 7.38. The fourth-order valence-electron chi connectivity index (χ4n) is 3.29. The van der Waals surface area contributed by atoms with Gasteiger partial charge in [0.05, 0.1) is 4.92 Å². The van der Waals surface area contributed by atoms with Crippen molar-refractivity contribution in [2.24, 2.45) is 0 Å². The van der Waals surface area contributed by atoms with Gasteiger partial charge in [0.1, 0.15) is 0 Å². The second-order valence-corrected chi connectivity index (χ2v) is 6.03. The number of nitro benzene ring substituents is 1. The third-order valence-corrected chi connectivity index (χ3v) is 4.59. The first kappa shape index (κ1) is 14.0. The van der Waals surface area contributed by atoms with E-state index in [-0.39, 0.29) is 23.2 Å². The number of nitrogens with zero attached hydrogens (tertiary/aromatic N) is 1. The highest BCUT2D eigenvalue weighted by atomic mass is 16.6. The van der Waals surface area contributed by atoms with Crippen LogP contribution >= 0.6 is 0 Å². The molecule has 1 aliphatic heterocycles. The van der Waals surface area contributed by atoms with Gasteiger partial charge in [0.25, 0.3) is 11.6 Å². The van der Waals surface area contributed by atoms with Gasteiger partial charge < -0.3 is 10.6 Å². The molecular weight excluding hydrogens is 270 g/mol. The Bertz CT molecular complexity index is 569. The molecule has 1 aromatic carbocycles. The molecule has 3 rings (SSSR count). The smallest absolute Gasteiger partial charge is 0.270 e. The quantitative estimate of drug-likeness (QED) is 0.658. The molecule has 0 radical (unpaired) electrons. The number of non-ortho nitro benzene ring substituents is 1. The standard InChI is InChI=1S/C15H19N3O3/c19-14(11-3-1-4-13(9-11)18(20)21)17-12-5-8-16-15(10-12)6-2-7-15/h1,3-4,9,12,16H,2,5-8,10H2,(H,17,19). The molecule has 0 aromatic heterocycles. The average molecular weight is 289 g/mol. The second-order valence-electron chi connectivity index (χ2n) is 6.03. The lowest BCUT2D eigenvalue weighted by atomic mass is 9.70. The van der Waals surface area contributed by atoms with E-state index >= 15 is 0 Å². The summed E-state index contributed by atoms with van der Waals surface area (Å²) in [5.41, 5.74) is 0.521. The number of carbonyl (C=O) groups is 1. The summed E-state index contributed by atoms with van der Waals surface area (Å²) in [7, 11) is 0. The first-order chi connectivity index (χ1) is 10.1. The summed E-state index contributed by atoms with van der Waals surface area (Å²) >= 11 is 0. The molecule has 1 spiro atoms. The van der Waals surface area contributed by atoms with Crippen LogP contribution in [0, 0.1) is 10.1 Å². The Kier molecular flexibility index (Phi) is 3.63. The molecule has 2 N–H and O–H groups in total. The Labute approximate surface area is 123 Å². The van der Waals surface area contributed by atoms with Gasteiger partial charge in [0, 0.05) is 29.3 Å². The van der Waals surface area contributed by atoms with Crippen LogP contribution < -0.4 is 10.6 Å². The molecule has 21 heavy (non-hydrogen) atoms. The number of hydrogen-bond donors (Lipinski definition) is 2. The fourth-order valence-corrected chi connectivity index (χ4v) is 3.29. The molecule has 1 saturated heterocycles. The summed E-state index contributed by atoms with van der Waals surface area (Å²) in [6.07, 6.45) is 5.46. The molecule has 6 heteroatoms. The van der Waals surface area contributed by atoms with Crippen LogP contribution in [0.1, 0.15) is 42.5 Å². The molecule has 1 heterocycles. The lowest BCUT2D eigenvalue weighted by molar-refractivity contribution is -0.384. The molecule has 1 saturated carbocycles. The number of rotatable bonds is 3. The fraction of sp³-hybridized carbons (Fsp3) is 0.533. The summed E-state index contributed by atoms with van der Waals surface area (Å²) < 4.78 is 0. The largest absolute Gasteiger partial charge is 0.349 e. The SMILES string of the molecule is O=C(NC1CCNC2(CCC2)C1)c1cccc([N+](=O)[O-])c1. The van der Waals surface area contributed by atoms with E-state index in [0.29, 0.717) is 5.56 Å². The monoisotopic (exact) mass is 289 g/mol. The molecule has 1 unspecified atom stereocenters. The Balaban J connectivity index is 1.65. The summed E-state index contributed by atoms with van der Waals surface area (Å²) in [6, 6.07) is 6.03. The molecule has 1 aliphatic carbocycles. The highest BCUT2D eigenvalue weighted by Crippen LogP contribution is 2.38. The Morgan fingerprint density at radius 1 is 1.43 bits per heavy atom.